The number of rotatable bonds is 5. The van der Waals surface area contributed by atoms with Gasteiger partial charge in [-0.2, -0.15) is 52.7 Å². The third-order valence-electron chi connectivity index (χ3n) is 11.5. The molecular weight excluding hydrogens is 1040 g/mol. The summed E-state index contributed by atoms with van der Waals surface area (Å²) in [5.74, 6) is 2.62. The summed E-state index contributed by atoms with van der Waals surface area (Å²) in [6.45, 7) is 23.9. The number of fused-ring (bicyclic) bond motifs is 2. The molecule has 2 heterocycles. The summed E-state index contributed by atoms with van der Waals surface area (Å²) in [4.78, 5) is 40.9. The minimum atomic E-state index is -5.18. The summed E-state index contributed by atoms with van der Waals surface area (Å²) in [5, 5.41) is 9.88. The van der Waals surface area contributed by atoms with Crippen LogP contribution in [0.1, 0.15) is 173 Å². The number of alkyl halides is 12. The van der Waals surface area contributed by atoms with Crippen LogP contribution in [0.2, 0.25) is 0 Å². The Morgan fingerprint density at radius 3 is 1.32 bits per heavy atom. The highest BCUT2D eigenvalue weighted by molar-refractivity contribution is 5.91. The van der Waals surface area contributed by atoms with Crippen LogP contribution in [-0.4, -0.2) is 53.1 Å². The topological polar surface area (TPSA) is 126 Å². The fraction of sp³-hybridized carbons (Fsp3) is 0.618. The molecule has 3 aromatic carbocycles. The number of hydrogen-bond donors (Lipinski definition) is 2. The van der Waals surface area contributed by atoms with E-state index in [-0.39, 0.29) is 35.7 Å². The lowest BCUT2D eigenvalue weighted by molar-refractivity contribution is -0.143. The average molecular weight is 1120 g/mol. The van der Waals surface area contributed by atoms with Crippen molar-refractivity contribution in [2.45, 2.75) is 183 Å². The molecule has 0 bridgehead atoms. The second kappa shape index (κ2) is 26.0. The van der Waals surface area contributed by atoms with Gasteiger partial charge in [-0.15, -0.1) is 0 Å². The van der Waals surface area contributed by atoms with Crippen LogP contribution in [-0.2, 0) is 40.7 Å². The maximum absolute atomic E-state index is 13.6. The second-order valence-electron chi connectivity index (χ2n) is 22.7. The van der Waals surface area contributed by atoms with Crippen LogP contribution in [0.15, 0.2) is 54.6 Å². The molecule has 2 aliphatic heterocycles. The molecule has 2 saturated carbocycles. The zero-order valence-electron chi connectivity index (χ0n) is 45.8. The number of carbonyl (C=O) groups is 3. The second-order valence-corrected chi connectivity index (χ2v) is 22.7. The number of hydrogen-bond acceptors (Lipinski definition) is 6. The molecule has 3 N–H and O–H groups in total. The van der Waals surface area contributed by atoms with Gasteiger partial charge in [0.25, 0.3) is 0 Å². The third kappa shape index (κ3) is 19.8. The highest BCUT2D eigenvalue weighted by Crippen LogP contribution is 2.51. The Kier molecular flexibility index (Phi) is 22.3. The first kappa shape index (κ1) is 65.9. The summed E-state index contributed by atoms with van der Waals surface area (Å²) in [5.41, 5.74) is -0.0464. The molecule has 0 radical (unpaired) electrons. The largest absolute Gasteiger partial charge is 0.465 e. The van der Waals surface area contributed by atoms with Crippen molar-refractivity contribution in [2.24, 2.45) is 35.3 Å². The Morgan fingerprint density at radius 2 is 0.974 bits per heavy atom. The van der Waals surface area contributed by atoms with E-state index < -0.39 is 101 Å². The SMILES string of the molecule is CC(C)(C)OC(=O)N1c2ccc(C(F)(F)F)cc2C(N)CC1C1CC1.CC(C)C.CC(C)C.CC(C)C.COC(=O)N(Cc1cc(C(F)(F)F)cc(C(F)(F)F)c1)C1CC(C2CC2)N(C(=O)O)c2ccc(C(F)(F)F)cc21. The monoisotopic (exact) mass is 1110 g/mol. The van der Waals surface area contributed by atoms with Crippen molar-refractivity contribution in [3.05, 3.63) is 93.5 Å². The molecule has 10 nitrogen and oxygen atoms in total. The van der Waals surface area contributed by atoms with E-state index in [1.807, 2.05) is 0 Å². The van der Waals surface area contributed by atoms with Crippen LogP contribution in [0, 0.1) is 29.6 Å². The number of carbonyl (C=O) groups excluding carboxylic acids is 2. The van der Waals surface area contributed by atoms with Gasteiger partial charge >= 0.3 is 43.0 Å². The number of methoxy groups -OCH3 is 1. The fourth-order valence-electron chi connectivity index (χ4n) is 8.36. The van der Waals surface area contributed by atoms with Gasteiger partial charge in [0.05, 0.1) is 46.8 Å². The Bertz CT molecular complexity index is 2390. The molecule has 0 aromatic heterocycles. The summed E-state index contributed by atoms with van der Waals surface area (Å²) in [6.07, 6.45) is -19.6. The first-order valence-corrected chi connectivity index (χ1v) is 25.4. The van der Waals surface area contributed by atoms with Crippen molar-refractivity contribution < 1.29 is 81.6 Å². The lowest BCUT2D eigenvalue weighted by Gasteiger charge is -2.43. The van der Waals surface area contributed by atoms with E-state index in [2.05, 4.69) is 62.3 Å². The standard InChI is InChI=1S/C25H21F9N2O4.C18H23F3N2O2.3C4H10/c1-40-22(39)35(11-12-6-15(24(29,30)31)8-16(7-12)25(32,33)34)20-10-19(13-2-3-13)36(21(37)38)18-5-4-14(9-17(18)20)23(26,27)28;1-17(2,3)25-16(24)23-14-7-6-11(18(19,20)21)8-12(14)13(22)9-15(23)10-4-5-10;3*1-4(2)3/h4-9,13,19-20H,2-3,10-11H2,1H3,(H,37,38);6-8,10,13,15H,4-5,9,22H2,1-3H3;3*4H,1-3H3. The van der Waals surface area contributed by atoms with Crippen molar-refractivity contribution in [1.29, 1.82) is 0 Å². The molecule has 2 fully saturated rings. The molecule has 0 spiro atoms. The molecule has 434 valence electrons. The zero-order valence-corrected chi connectivity index (χ0v) is 45.8. The van der Waals surface area contributed by atoms with Crippen LogP contribution in [0.25, 0.3) is 0 Å². The Balaban J connectivity index is 0.000000356. The highest BCUT2D eigenvalue weighted by Gasteiger charge is 2.49. The number of amides is 3. The van der Waals surface area contributed by atoms with Gasteiger partial charge in [0.1, 0.15) is 5.60 Å². The van der Waals surface area contributed by atoms with Crippen LogP contribution >= 0.6 is 0 Å². The number of nitrogens with two attached hydrogens (primary N) is 1. The lowest BCUT2D eigenvalue weighted by Crippen LogP contribution is -2.49. The minimum absolute atomic E-state index is 0.0919. The van der Waals surface area contributed by atoms with Crippen LogP contribution < -0.4 is 15.5 Å². The van der Waals surface area contributed by atoms with Gasteiger partial charge in [-0.25, -0.2) is 14.4 Å². The van der Waals surface area contributed by atoms with E-state index in [0.29, 0.717) is 60.7 Å². The number of ether oxygens (including phenoxy) is 2. The maximum atomic E-state index is 13.6. The quantitative estimate of drug-likeness (QED) is 0.244. The number of carboxylic acid groups (broad SMARTS) is 1. The van der Waals surface area contributed by atoms with Gasteiger partial charge < -0.3 is 20.3 Å². The van der Waals surface area contributed by atoms with E-state index in [4.69, 9.17) is 15.2 Å². The van der Waals surface area contributed by atoms with Gasteiger partial charge in [0, 0.05) is 24.7 Å². The molecule has 3 amide bonds. The maximum Gasteiger partial charge on any atom is 0.416 e. The van der Waals surface area contributed by atoms with Gasteiger partial charge in [0.15, 0.2) is 0 Å². The van der Waals surface area contributed by atoms with Crippen molar-refractivity contribution in [1.82, 2.24) is 4.90 Å². The van der Waals surface area contributed by atoms with Crippen molar-refractivity contribution in [3.63, 3.8) is 0 Å². The van der Waals surface area contributed by atoms with Crippen LogP contribution in [0.4, 0.5) is 78.4 Å². The number of benzene rings is 3. The van der Waals surface area contributed by atoms with E-state index in [1.54, 1.807) is 20.8 Å². The van der Waals surface area contributed by atoms with Gasteiger partial charge in [-0.05, 0) is 160 Å². The van der Waals surface area contributed by atoms with Crippen molar-refractivity contribution >= 4 is 29.7 Å². The molecule has 77 heavy (non-hydrogen) atoms. The summed E-state index contributed by atoms with van der Waals surface area (Å²) in [7, 11) is 0.889. The smallest absolute Gasteiger partial charge is 0.416 e. The predicted molar refractivity (Wildman–Crippen MR) is 270 cm³/mol. The molecule has 4 aliphatic rings. The van der Waals surface area contributed by atoms with Gasteiger partial charge in [0.2, 0.25) is 0 Å². The zero-order chi connectivity index (χ0) is 59.1. The first-order valence-electron chi connectivity index (χ1n) is 25.4. The number of halogens is 12. The molecule has 4 atom stereocenters. The number of nitrogens with zero attached hydrogens (tertiary/aromatic N) is 3. The summed E-state index contributed by atoms with van der Waals surface area (Å²) >= 11 is 0. The normalized spacial score (nSPS) is 19.4. The molecule has 4 unspecified atom stereocenters. The van der Waals surface area contributed by atoms with E-state index in [9.17, 15) is 72.2 Å². The molecule has 0 saturated heterocycles. The van der Waals surface area contributed by atoms with Crippen LogP contribution in [0.5, 0.6) is 0 Å². The Hall–Kier alpha value is -5.41. The molecule has 2 aliphatic carbocycles. The molecule has 3 aromatic rings. The van der Waals surface area contributed by atoms with E-state index >= 15 is 0 Å². The third-order valence-corrected chi connectivity index (χ3v) is 11.5. The van der Waals surface area contributed by atoms with Gasteiger partial charge in [-0.3, -0.25) is 14.7 Å². The first-order chi connectivity index (χ1) is 35.1. The van der Waals surface area contributed by atoms with E-state index in [1.165, 1.54) is 11.0 Å². The van der Waals surface area contributed by atoms with Gasteiger partial charge in [-0.1, -0.05) is 62.3 Å². The molecule has 7 rings (SSSR count). The average Bonchev–Trinajstić information content (AvgIpc) is 4.20. The number of anilines is 2. The lowest BCUT2D eigenvalue weighted by atomic mass is 9.86. The highest BCUT2D eigenvalue weighted by atomic mass is 19.4. The Morgan fingerprint density at radius 1 is 0.597 bits per heavy atom. The van der Waals surface area contributed by atoms with Crippen molar-refractivity contribution in [2.75, 3.05) is 16.9 Å². The fourth-order valence-corrected chi connectivity index (χ4v) is 8.36. The predicted octanol–water partition coefficient (Wildman–Crippen LogP) is 17.3. The Labute approximate surface area is 443 Å². The summed E-state index contributed by atoms with van der Waals surface area (Å²) in [6, 6.07) is 3.49. The summed E-state index contributed by atoms with van der Waals surface area (Å²) < 4.78 is 171. The van der Waals surface area contributed by atoms with Crippen LogP contribution in [0.3, 0.4) is 0 Å². The molecular formula is C55H74F12N4O6. The van der Waals surface area contributed by atoms with E-state index in [0.717, 1.165) is 65.7 Å². The minimum Gasteiger partial charge on any atom is -0.465 e. The molecule has 22 heteroatoms. The van der Waals surface area contributed by atoms with Crippen molar-refractivity contribution in [3.8, 4) is 0 Å².